The van der Waals surface area contributed by atoms with Crippen molar-refractivity contribution in [3.8, 4) is 17.6 Å². The van der Waals surface area contributed by atoms with E-state index < -0.39 is 67.4 Å². The molecule has 2 aliphatic rings. The Labute approximate surface area is 379 Å². The van der Waals surface area contributed by atoms with Crippen molar-refractivity contribution in [1.82, 2.24) is 30.5 Å². The second kappa shape index (κ2) is 25.2. The topological polar surface area (TPSA) is 430 Å². The van der Waals surface area contributed by atoms with E-state index in [1.54, 1.807) is 24.3 Å². The largest absolute Gasteiger partial charge is 0.491 e. The van der Waals surface area contributed by atoms with Crippen molar-refractivity contribution in [3.05, 3.63) is 68.8 Å². The number of anilines is 1. The smallest absolute Gasteiger partial charge is 0.490 e. The summed E-state index contributed by atoms with van der Waals surface area (Å²) in [5, 5.41) is 16.0. The summed E-state index contributed by atoms with van der Waals surface area (Å²) in [4.78, 5) is 75.7. The number of carbonyl (C=O) groups is 2. The van der Waals surface area contributed by atoms with Crippen LogP contribution < -0.4 is 26.4 Å². The molecule has 1 saturated carbocycles. The SMILES string of the molecule is [N-]=[N+]=NCO[C@@H]1C[C@H](n2cc(C#CCNC(=O)COCCOC(COc3cccc(C(=O)NCCNC4CCC4)c3)N=[N+]=[N-])c3c(N)ncnc32)O[C@@H]1COP(=O)(O)OP(=O)(O)OP(=O)(O)O. The van der Waals surface area contributed by atoms with Crippen LogP contribution in [0, 0.1) is 11.8 Å². The average Bonchev–Trinajstić information content (AvgIpc) is 3.83. The lowest BCUT2D eigenvalue weighted by Gasteiger charge is -2.26. The van der Waals surface area contributed by atoms with Crippen molar-refractivity contribution < 1.29 is 79.7 Å². The number of azide groups is 2. The van der Waals surface area contributed by atoms with Gasteiger partial charge in [0.25, 0.3) is 5.91 Å². The number of nitrogens with two attached hydrogens (primary N) is 1. The molecule has 1 aromatic carbocycles. The molecule has 2 amide bonds. The zero-order valence-corrected chi connectivity index (χ0v) is 37.8. The van der Waals surface area contributed by atoms with Crippen LogP contribution in [0.2, 0.25) is 0 Å². The number of nitrogen functional groups attached to an aromatic ring is 1. The van der Waals surface area contributed by atoms with Crippen LogP contribution in [-0.4, -0.2) is 130 Å². The number of fused-ring (bicyclic) bond motifs is 1. The summed E-state index contributed by atoms with van der Waals surface area (Å²) >= 11 is 0. The number of aromatic nitrogens is 3. The Morgan fingerprint density at radius 2 is 1.87 bits per heavy atom. The Morgan fingerprint density at radius 1 is 1.06 bits per heavy atom. The summed E-state index contributed by atoms with van der Waals surface area (Å²) in [7, 11) is -17.0. The molecule has 3 heterocycles. The second-order valence-electron chi connectivity index (χ2n) is 14.1. The van der Waals surface area contributed by atoms with Gasteiger partial charge in [0, 0.05) is 47.1 Å². The minimum Gasteiger partial charge on any atom is -0.491 e. The highest BCUT2D eigenvalue weighted by Gasteiger charge is 2.44. The molecule has 3 aromatic rings. The van der Waals surface area contributed by atoms with Gasteiger partial charge in [-0.3, -0.25) is 14.1 Å². The number of rotatable bonds is 27. The third kappa shape index (κ3) is 17.4. The lowest BCUT2D eigenvalue weighted by atomic mass is 9.93. The van der Waals surface area contributed by atoms with Crippen LogP contribution in [0.3, 0.4) is 0 Å². The van der Waals surface area contributed by atoms with Gasteiger partial charge < -0.3 is 69.5 Å². The highest BCUT2D eigenvalue weighted by atomic mass is 31.3. The van der Waals surface area contributed by atoms with Gasteiger partial charge in [0.05, 0.1) is 43.4 Å². The van der Waals surface area contributed by atoms with Crippen LogP contribution in [0.4, 0.5) is 5.82 Å². The third-order valence-electron chi connectivity index (χ3n) is 9.34. The van der Waals surface area contributed by atoms with Crippen molar-refractivity contribution in [2.75, 3.05) is 65.1 Å². The Morgan fingerprint density at radius 3 is 2.60 bits per heavy atom. The van der Waals surface area contributed by atoms with E-state index in [-0.39, 0.29) is 56.8 Å². The first-order valence-electron chi connectivity index (χ1n) is 19.9. The van der Waals surface area contributed by atoms with Gasteiger partial charge in [-0.25, -0.2) is 23.7 Å². The number of hydrogen-bond donors (Lipinski definition) is 8. The van der Waals surface area contributed by atoms with E-state index in [4.69, 9.17) is 54.8 Å². The van der Waals surface area contributed by atoms with Crippen molar-refractivity contribution >= 4 is 52.1 Å². The maximum Gasteiger partial charge on any atom is 0.490 e. The number of amides is 2. The summed E-state index contributed by atoms with van der Waals surface area (Å²) in [6.07, 6.45) is 1.82. The Bertz CT molecular complexity index is 2510. The Balaban J connectivity index is 1.08. The minimum absolute atomic E-state index is 0.0248. The Kier molecular flexibility index (Phi) is 19.9. The molecule has 0 spiro atoms. The van der Waals surface area contributed by atoms with Crippen molar-refractivity contribution in [3.63, 3.8) is 0 Å². The quantitative estimate of drug-likeness (QED) is 0.0136. The maximum atomic E-state index is 12.6. The average molecular weight is 1000 g/mol. The molecule has 364 valence electrons. The molecule has 0 bridgehead atoms. The number of hydrogen-bond acceptors (Lipinski definition) is 19. The molecule has 5 rings (SSSR count). The molecular formula is C34H46N13O17P3. The van der Waals surface area contributed by atoms with E-state index in [1.807, 2.05) is 0 Å². The van der Waals surface area contributed by atoms with Crippen LogP contribution in [0.15, 0.2) is 47.0 Å². The molecule has 1 aliphatic carbocycles. The summed E-state index contributed by atoms with van der Waals surface area (Å²) in [5.41, 5.74) is 24.8. The van der Waals surface area contributed by atoms with Crippen LogP contribution >= 0.6 is 23.5 Å². The van der Waals surface area contributed by atoms with Gasteiger partial charge >= 0.3 is 23.5 Å². The van der Waals surface area contributed by atoms with E-state index in [1.165, 1.54) is 17.2 Å². The van der Waals surface area contributed by atoms with Gasteiger partial charge in [-0.2, -0.15) is 8.62 Å². The van der Waals surface area contributed by atoms with Gasteiger partial charge in [0.1, 0.15) is 55.8 Å². The summed E-state index contributed by atoms with van der Waals surface area (Å²) < 4.78 is 76.9. The molecular weight excluding hydrogens is 955 g/mol. The van der Waals surface area contributed by atoms with Crippen LogP contribution in [0.25, 0.3) is 31.9 Å². The van der Waals surface area contributed by atoms with Crippen LogP contribution in [0.5, 0.6) is 5.75 Å². The number of carbonyl (C=O) groups excluding carboxylic acids is 2. The second-order valence-corrected chi connectivity index (χ2v) is 18.5. The fourth-order valence-corrected chi connectivity index (χ4v) is 9.25. The van der Waals surface area contributed by atoms with Gasteiger partial charge in [-0.1, -0.05) is 34.6 Å². The van der Waals surface area contributed by atoms with Gasteiger partial charge in [0.2, 0.25) is 5.91 Å². The highest BCUT2D eigenvalue weighted by molar-refractivity contribution is 7.66. The van der Waals surface area contributed by atoms with Crippen LogP contribution in [-0.2, 0) is 50.6 Å². The first kappa shape index (κ1) is 52.7. The zero-order valence-electron chi connectivity index (χ0n) is 35.1. The van der Waals surface area contributed by atoms with Crippen molar-refractivity contribution in [2.24, 2.45) is 10.2 Å². The monoisotopic (exact) mass is 1000 g/mol. The number of ether oxygens (including phenoxy) is 5. The van der Waals surface area contributed by atoms with Crippen molar-refractivity contribution in [2.45, 2.75) is 56.4 Å². The molecule has 9 N–H and O–H groups in total. The van der Waals surface area contributed by atoms with Gasteiger partial charge in [-0.05, 0) is 42.1 Å². The molecule has 2 fully saturated rings. The number of benzene rings is 1. The molecule has 30 nitrogen and oxygen atoms in total. The normalized spacial score (nSPS) is 19.3. The van der Waals surface area contributed by atoms with Crippen LogP contribution in [0.1, 0.15) is 47.8 Å². The molecule has 3 unspecified atom stereocenters. The number of nitrogens with one attached hydrogen (secondary N) is 3. The molecule has 2 aromatic heterocycles. The lowest BCUT2D eigenvalue weighted by Crippen LogP contribution is -2.40. The fraction of sp³-hybridized carbons (Fsp3) is 0.529. The summed E-state index contributed by atoms with van der Waals surface area (Å²) in [5.74, 6) is 5.26. The summed E-state index contributed by atoms with van der Waals surface area (Å²) in [6, 6.07) is 7.03. The molecule has 33 heteroatoms. The number of phosphoric acid groups is 3. The molecule has 67 heavy (non-hydrogen) atoms. The maximum absolute atomic E-state index is 12.6. The number of phosphoric ester groups is 1. The van der Waals surface area contributed by atoms with Gasteiger partial charge in [0.15, 0.2) is 6.23 Å². The van der Waals surface area contributed by atoms with E-state index in [0.717, 1.165) is 19.2 Å². The first-order valence-corrected chi connectivity index (χ1v) is 24.4. The molecule has 0 radical (unpaired) electrons. The highest BCUT2D eigenvalue weighted by Crippen LogP contribution is 2.66. The first-order chi connectivity index (χ1) is 32.0. The predicted molar refractivity (Wildman–Crippen MR) is 229 cm³/mol. The lowest BCUT2D eigenvalue weighted by molar-refractivity contribution is -0.126. The minimum atomic E-state index is -5.80. The van der Waals surface area contributed by atoms with E-state index in [2.05, 4.69) is 66.4 Å². The van der Waals surface area contributed by atoms with Crippen molar-refractivity contribution in [1.29, 1.82) is 0 Å². The van der Waals surface area contributed by atoms with E-state index >= 15 is 0 Å². The summed E-state index contributed by atoms with van der Waals surface area (Å²) in [6.45, 7) is -1.04. The molecule has 1 saturated heterocycles. The third-order valence-corrected chi connectivity index (χ3v) is 13.1. The molecule has 6 atom stereocenters. The standard InChI is InChI=1S/C34H46N13O17P3/c35-32-31-23(16-47(33(31)42-20-41-32)30-15-26(60-21-43-45-36)27(62-30)17-61-66(53,54)64-67(55,56)63-65(50,51)52)5-3-9-39-28(48)18-57-12-13-58-29(44-46-37)19-59-25-8-1-4-22(14-25)34(49)40-11-10-38-24-6-2-7-24/h1,4,8,14,16,20,24,26-27,29-30,38H,2,6-7,9-13,15,17-19,21H2,(H,39,48)(H,40,49)(H,53,54)(H,55,56)(H2,35,41,42)(H2,50,51,52)/t26-,27-,29?,30-/m1/s1. The molecule has 1 aliphatic heterocycles. The fourth-order valence-electron chi connectivity index (χ4n) is 6.22. The number of nitrogens with zero attached hydrogens (tertiary/aromatic N) is 9. The Hall–Kier alpha value is -5.23. The van der Waals surface area contributed by atoms with E-state index in [0.29, 0.717) is 41.4 Å². The van der Waals surface area contributed by atoms with Gasteiger partial charge in [-0.15, -0.1) is 0 Å². The zero-order chi connectivity index (χ0) is 48.5. The van der Waals surface area contributed by atoms with E-state index in [9.17, 15) is 33.1 Å². The predicted octanol–water partition coefficient (Wildman–Crippen LogP) is 2.39.